The summed E-state index contributed by atoms with van der Waals surface area (Å²) in [5, 5.41) is 0. The van der Waals surface area contributed by atoms with E-state index in [1.165, 1.54) is 18.9 Å². The van der Waals surface area contributed by atoms with E-state index in [-0.39, 0.29) is 0 Å². The molecule has 0 saturated heterocycles. The molecule has 0 N–H and O–H groups in total. The molecule has 0 bridgehead atoms. The molecule has 0 aliphatic carbocycles. The van der Waals surface area contributed by atoms with E-state index < -0.39 is 8.07 Å². The molecular weight excluding hydrogens is 235 g/mol. The largest absolute Gasteiger partial charge is 0.177 e. The van der Waals surface area contributed by atoms with Crippen LogP contribution in [-0.4, -0.2) is 24.3 Å². The van der Waals surface area contributed by atoms with Gasteiger partial charge in [-0.15, -0.1) is 23.4 Å². The standard InChI is InChI=1S/C14H25BSi2/c1-6-10-15(11-7-2)13-9-8-12-16-14(13)17(3,4)5/h6-7H,1-2,8-12H2,3-5H3. The molecule has 92 valence electrons. The Morgan fingerprint density at radius 3 is 2.29 bits per heavy atom. The summed E-state index contributed by atoms with van der Waals surface area (Å²) < 4.78 is 0. The van der Waals surface area contributed by atoms with Gasteiger partial charge in [-0.25, -0.2) is 0 Å². The normalized spacial score (nSPS) is 16.9. The number of allylic oxidation sites excluding steroid dienone is 3. The highest BCUT2D eigenvalue weighted by molar-refractivity contribution is 6.95. The maximum atomic E-state index is 3.92. The van der Waals surface area contributed by atoms with Crippen molar-refractivity contribution < 1.29 is 0 Å². The first kappa shape index (κ1) is 14.8. The molecular formula is C14H25BSi2. The van der Waals surface area contributed by atoms with Crippen molar-refractivity contribution >= 4 is 24.3 Å². The summed E-state index contributed by atoms with van der Waals surface area (Å²) in [6.07, 6.45) is 9.15. The van der Waals surface area contributed by atoms with Crippen LogP contribution in [-0.2, 0) is 0 Å². The van der Waals surface area contributed by atoms with Crippen LogP contribution < -0.4 is 0 Å². The molecule has 1 heterocycles. The van der Waals surface area contributed by atoms with Crippen molar-refractivity contribution in [2.24, 2.45) is 0 Å². The highest BCUT2D eigenvalue weighted by Gasteiger charge is 2.29. The first-order valence-corrected chi connectivity index (χ1v) is 11.4. The molecule has 0 aromatic carbocycles. The van der Waals surface area contributed by atoms with E-state index >= 15 is 0 Å². The third-order valence-electron chi connectivity index (χ3n) is 3.39. The van der Waals surface area contributed by atoms with Gasteiger partial charge in [-0.05, 0) is 6.42 Å². The van der Waals surface area contributed by atoms with Gasteiger partial charge in [0.2, 0.25) is 0 Å². The molecule has 17 heavy (non-hydrogen) atoms. The molecule has 0 atom stereocenters. The summed E-state index contributed by atoms with van der Waals surface area (Å²) in [5.41, 5.74) is 1.79. The van der Waals surface area contributed by atoms with E-state index in [9.17, 15) is 0 Å². The van der Waals surface area contributed by atoms with Gasteiger partial charge in [0.15, 0.2) is 6.71 Å². The average molecular weight is 260 g/mol. The monoisotopic (exact) mass is 260 g/mol. The molecule has 2 radical (unpaired) electrons. The van der Waals surface area contributed by atoms with Gasteiger partial charge in [-0.3, -0.25) is 0 Å². The Morgan fingerprint density at radius 2 is 1.82 bits per heavy atom. The fourth-order valence-corrected chi connectivity index (χ4v) is 7.62. The Bertz CT molecular complexity index is 303. The van der Waals surface area contributed by atoms with Crippen LogP contribution >= 0.6 is 0 Å². The summed E-state index contributed by atoms with van der Waals surface area (Å²) in [4.78, 5) is 1.87. The lowest BCUT2D eigenvalue weighted by Gasteiger charge is -2.31. The Kier molecular flexibility index (Phi) is 5.74. The van der Waals surface area contributed by atoms with Crippen molar-refractivity contribution in [3.63, 3.8) is 0 Å². The predicted molar refractivity (Wildman–Crippen MR) is 85.9 cm³/mol. The fourth-order valence-electron chi connectivity index (χ4n) is 2.67. The SMILES string of the molecule is C=CCB(CC=C)C1=C([Si](C)(C)C)[Si]CCC1. The molecule has 1 rings (SSSR count). The zero-order valence-electron chi connectivity index (χ0n) is 11.7. The minimum absolute atomic E-state index is 0.694. The molecule has 0 nitrogen and oxygen atoms in total. The van der Waals surface area contributed by atoms with Gasteiger partial charge in [-0.1, -0.05) is 56.9 Å². The Balaban J connectivity index is 3.04. The van der Waals surface area contributed by atoms with E-state index in [0.717, 1.165) is 22.2 Å². The van der Waals surface area contributed by atoms with Crippen LogP contribution in [0.2, 0.25) is 38.3 Å². The van der Waals surface area contributed by atoms with E-state index in [2.05, 4.69) is 45.0 Å². The fraction of sp³-hybridized carbons (Fsp3) is 0.571. The van der Waals surface area contributed by atoms with E-state index in [0.29, 0.717) is 6.71 Å². The molecule has 0 fully saturated rings. The van der Waals surface area contributed by atoms with Gasteiger partial charge in [0.25, 0.3) is 0 Å². The maximum absolute atomic E-state index is 3.92. The van der Waals surface area contributed by atoms with Crippen LogP contribution in [0.25, 0.3) is 0 Å². The summed E-state index contributed by atoms with van der Waals surface area (Å²) in [7, 11) is -0.0179. The molecule has 0 aromatic heterocycles. The van der Waals surface area contributed by atoms with Crippen LogP contribution in [0.4, 0.5) is 0 Å². The van der Waals surface area contributed by atoms with Crippen LogP contribution in [0.3, 0.4) is 0 Å². The minimum atomic E-state index is -1.12. The quantitative estimate of drug-likeness (QED) is 0.489. The second kappa shape index (κ2) is 6.60. The van der Waals surface area contributed by atoms with Crippen molar-refractivity contribution in [3.8, 4) is 0 Å². The van der Waals surface area contributed by atoms with Crippen LogP contribution in [0, 0.1) is 0 Å². The van der Waals surface area contributed by atoms with Gasteiger partial charge in [0.1, 0.15) is 0 Å². The summed E-state index contributed by atoms with van der Waals surface area (Å²) >= 11 is 0. The Labute approximate surface area is 111 Å². The Morgan fingerprint density at radius 1 is 1.24 bits per heavy atom. The van der Waals surface area contributed by atoms with Crippen molar-refractivity contribution in [1.82, 2.24) is 0 Å². The smallest absolute Gasteiger partial charge is 0.109 e. The van der Waals surface area contributed by atoms with Crippen LogP contribution in [0.5, 0.6) is 0 Å². The molecule has 0 amide bonds. The summed E-state index contributed by atoms with van der Waals surface area (Å²) in [6, 6.07) is 1.43. The minimum Gasteiger partial charge on any atom is -0.109 e. The third-order valence-corrected chi connectivity index (χ3v) is 9.27. The van der Waals surface area contributed by atoms with Crippen molar-refractivity contribution in [2.75, 3.05) is 0 Å². The predicted octanol–water partition coefficient (Wildman–Crippen LogP) is 4.44. The summed E-state index contributed by atoms with van der Waals surface area (Å²) in [5.74, 6) is 0. The van der Waals surface area contributed by atoms with Crippen molar-refractivity contribution in [3.05, 3.63) is 35.6 Å². The second-order valence-corrected chi connectivity index (χ2v) is 12.8. The van der Waals surface area contributed by atoms with Gasteiger partial charge in [-0.2, -0.15) is 0 Å². The second-order valence-electron chi connectivity index (χ2n) is 5.93. The zero-order chi connectivity index (χ0) is 12.9. The van der Waals surface area contributed by atoms with Crippen LogP contribution in [0.15, 0.2) is 35.6 Å². The number of hydrogen-bond donors (Lipinski definition) is 0. The first-order valence-electron chi connectivity index (χ1n) is 6.70. The third kappa shape index (κ3) is 4.14. The highest BCUT2D eigenvalue weighted by Crippen LogP contribution is 2.31. The maximum Gasteiger partial charge on any atom is 0.177 e. The highest BCUT2D eigenvalue weighted by atomic mass is 28.4. The molecule has 1 aliphatic heterocycles. The lowest BCUT2D eigenvalue weighted by molar-refractivity contribution is 0.914. The number of rotatable bonds is 6. The van der Waals surface area contributed by atoms with Gasteiger partial charge in [0, 0.05) is 0 Å². The summed E-state index contributed by atoms with van der Waals surface area (Å²) in [6.45, 7) is 16.0. The lowest BCUT2D eigenvalue weighted by Crippen LogP contribution is -2.35. The van der Waals surface area contributed by atoms with E-state index in [1.807, 2.05) is 4.82 Å². The molecule has 0 unspecified atom stereocenters. The average Bonchev–Trinajstić information content (AvgIpc) is 2.28. The van der Waals surface area contributed by atoms with Gasteiger partial charge < -0.3 is 0 Å². The topological polar surface area (TPSA) is 0 Å². The first-order chi connectivity index (χ1) is 8.00. The van der Waals surface area contributed by atoms with Crippen molar-refractivity contribution in [2.45, 2.75) is 51.2 Å². The van der Waals surface area contributed by atoms with Gasteiger partial charge in [0.05, 0.1) is 17.6 Å². The Hall–Kier alpha value is -0.281. The molecule has 0 saturated carbocycles. The zero-order valence-corrected chi connectivity index (χ0v) is 13.7. The molecule has 0 aromatic rings. The van der Waals surface area contributed by atoms with Crippen LogP contribution in [0.1, 0.15) is 12.8 Å². The van der Waals surface area contributed by atoms with E-state index in [4.69, 9.17) is 0 Å². The number of hydrogen-bond acceptors (Lipinski definition) is 0. The molecule has 1 aliphatic rings. The lowest BCUT2D eigenvalue weighted by atomic mass is 9.39. The van der Waals surface area contributed by atoms with Crippen molar-refractivity contribution in [1.29, 1.82) is 0 Å². The van der Waals surface area contributed by atoms with E-state index in [1.54, 1.807) is 5.47 Å². The molecule has 3 heteroatoms. The molecule has 0 spiro atoms. The van der Waals surface area contributed by atoms with Gasteiger partial charge >= 0.3 is 0 Å².